The number of hydrogen-bond donors (Lipinski definition) is 0. The molecule has 0 unspecified atom stereocenters. The van der Waals surface area contributed by atoms with E-state index >= 15 is 0 Å². The third-order valence-corrected chi connectivity index (χ3v) is 3.11. The molecule has 2 aromatic rings. The van der Waals surface area contributed by atoms with Crippen molar-refractivity contribution in [2.45, 2.75) is 20.3 Å². The topological polar surface area (TPSA) is 61.8 Å². The molecule has 23 heavy (non-hydrogen) atoms. The second-order valence-corrected chi connectivity index (χ2v) is 4.67. The first-order valence-corrected chi connectivity index (χ1v) is 7.38. The van der Waals surface area contributed by atoms with Gasteiger partial charge in [0.25, 0.3) is 0 Å². The summed E-state index contributed by atoms with van der Waals surface area (Å²) in [4.78, 5) is 23.7. The molecule has 0 atom stereocenters. The molecule has 0 aliphatic carbocycles. The number of carbonyl (C=O) groups is 2. The molecule has 0 N–H and O–H groups in total. The molecule has 5 nitrogen and oxygen atoms in total. The molecule has 0 heterocycles. The lowest BCUT2D eigenvalue weighted by atomic mass is 10.2. The SMILES string of the molecule is CCOC(=O)c1ccccc1OC(=O)Oc1ccc(CC)cc1. The molecule has 0 radical (unpaired) electrons. The van der Waals surface area contributed by atoms with Crippen LogP contribution in [-0.2, 0) is 11.2 Å². The van der Waals surface area contributed by atoms with Crippen molar-refractivity contribution in [1.82, 2.24) is 0 Å². The Balaban J connectivity index is 2.06. The Morgan fingerprint density at radius 2 is 1.61 bits per heavy atom. The van der Waals surface area contributed by atoms with Crippen molar-refractivity contribution in [3.05, 3.63) is 59.7 Å². The highest BCUT2D eigenvalue weighted by Gasteiger charge is 2.17. The van der Waals surface area contributed by atoms with Crippen LogP contribution in [0.5, 0.6) is 11.5 Å². The molecule has 2 rings (SSSR count). The molecule has 0 aliphatic heterocycles. The molecule has 0 spiro atoms. The highest BCUT2D eigenvalue weighted by molar-refractivity contribution is 5.93. The maximum absolute atomic E-state index is 11.9. The molecule has 0 saturated heterocycles. The molecule has 5 heteroatoms. The van der Waals surface area contributed by atoms with E-state index < -0.39 is 12.1 Å². The minimum atomic E-state index is -0.911. The molecule has 0 fully saturated rings. The van der Waals surface area contributed by atoms with Crippen molar-refractivity contribution in [3.63, 3.8) is 0 Å². The quantitative estimate of drug-likeness (QED) is 0.616. The zero-order chi connectivity index (χ0) is 16.7. The Hall–Kier alpha value is -2.82. The van der Waals surface area contributed by atoms with Gasteiger partial charge in [0.2, 0.25) is 0 Å². The number of para-hydroxylation sites is 1. The Labute approximate surface area is 134 Å². The maximum Gasteiger partial charge on any atom is 0.519 e. The van der Waals surface area contributed by atoms with Gasteiger partial charge in [-0.15, -0.1) is 0 Å². The largest absolute Gasteiger partial charge is 0.519 e. The summed E-state index contributed by atoms with van der Waals surface area (Å²) in [6.45, 7) is 3.98. The van der Waals surface area contributed by atoms with Crippen LogP contribution >= 0.6 is 0 Å². The third-order valence-electron chi connectivity index (χ3n) is 3.11. The number of ether oxygens (including phenoxy) is 3. The van der Waals surface area contributed by atoms with Crippen LogP contribution in [0.3, 0.4) is 0 Å². The average molecular weight is 314 g/mol. The van der Waals surface area contributed by atoms with Crippen molar-refractivity contribution >= 4 is 12.1 Å². The van der Waals surface area contributed by atoms with Gasteiger partial charge in [0.15, 0.2) is 0 Å². The van der Waals surface area contributed by atoms with E-state index in [1.165, 1.54) is 12.1 Å². The molecule has 0 aliphatic rings. The van der Waals surface area contributed by atoms with Crippen molar-refractivity contribution in [2.75, 3.05) is 6.61 Å². The van der Waals surface area contributed by atoms with Gasteiger partial charge < -0.3 is 14.2 Å². The third kappa shape index (κ3) is 4.57. The van der Waals surface area contributed by atoms with Crippen LogP contribution in [0.2, 0.25) is 0 Å². The van der Waals surface area contributed by atoms with Crippen molar-refractivity contribution < 1.29 is 23.8 Å². The fraction of sp³-hybridized carbons (Fsp3) is 0.222. The molecule has 0 aromatic heterocycles. The summed E-state index contributed by atoms with van der Waals surface area (Å²) >= 11 is 0. The summed E-state index contributed by atoms with van der Waals surface area (Å²) in [5.74, 6) is -0.0786. The minimum absolute atomic E-state index is 0.0983. The number of esters is 1. The van der Waals surface area contributed by atoms with Gasteiger partial charge in [-0.1, -0.05) is 31.2 Å². The summed E-state index contributed by atoms with van der Waals surface area (Å²) in [5, 5.41) is 0. The lowest BCUT2D eigenvalue weighted by molar-refractivity contribution is 0.0522. The van der Waals surface area contributed by atoms with Crippen LogP contribution in [0, 0.1) is 0 Å². The van der Waals surface area contributed by atoms with Gasteiger partial charge >= 0.3 is 12.1 Å². The lowest BCUT2D eigenvalue weighted by Crippen LogP contribution is -2.16. The monoisotopic (exact) mass is 314 g/mol. The maximum atomic E-state index is 11.9. The van der Waals surface area contributed by atoms with Crippen molar-refractivity contribution in [2.24, 2.45) is 0 Å². The van der Waals surface area contributed by atoms with E-state index in [1.807, 2.05) is 19.1 Å². The second-order valence-electron chi connectivity index (χ2n) is 4.67. The van der Waals surface area contributed by atoms with Crippen molar-refractivity contribution in [1.29, 1.82) is 0 Å². The van der Waals surface area contributed by atoms with E-state index in [0.717, 1.165) is 12.0 Å². The van der Waals surface area contributed by atoms with Gasteiger partial charge in [-0.3, -0.25) is 0 Å². The van der Waals surface area contributed by atoms with E-state index in [-0.39, 0.29) is 17.9 Å². The first-order chi connectivity index (χ1) is 11.1. The van der Waals surface area contributed by atoms with E-state index in [1.54, 1.807) is 31.2 Å². The number of hydrogen-bond acceptors (Lipinski definition) is 5. The van der Waals surface area contributed by atoms with Crippen LogP contribution < -0.4 is 9.47 Å². The zero-order valence-corrected chi connectivity index (χ0v) is 13.1. The molecule has 0 amide bonds. The lowest BCUT2D eigenvalue weighted by Gasteiger charge is -2.09. The first-order valence-electron chi connectivity index (χ1n) is 7.38. The first kappa shape index (κ1) is 16.5. The molecular weight excluding hydrogens is 296 g/mol. The Morgan fingerprint density at radius 3 is 2.26 bits per heavy atom. The Morgan fingerprint density at radius 1 is 0.913 bits per heavy atom. The molecular formula is C18H18O5. The normalized spacial score (nSPS) is 10.0. The summed E-state index contributed by atoms with van der Waals surface area (Å²) in [5.41, 5.74) is 1.31. The molecule has 2 aromatic carbocycles. The van der Waals surface area contributed by atoms with Crippen LogP contribution in [0.4, 0.5) is 4.79 Å². The van der Waals surface area contributed by atoms with Gasteiger partial charge in [0.05, 0.1) is 6.61 Å². The summed E-state index contributed by atoms with van der Waals surface area (Å²) in [6, 6.07) is 13.5. The van der Waals surface area contributed by atoms with E-state index in [2.05, 4.69) is 0 Å². The van der Waals surface area contributed by atoms with Gasteiger partial charge in [-0.25, -0.2) is 9.59 Å². The predicted octanol–water partition coefficient (Wildman–Crippen LogP) is 4.00. The minimum Gasteiger partial charge on any atom is -0.462 e. The fourth-order valence-corrected chi connectivity index (χ4v) is 1.93. The van der Waals surface area contributed by atoms with Crippen LogP contribution in [0.15, 0.2) is 48.5 Å². The standard InChI is InChI=1S/C18H18O5/c1-3-13-9-11-14(12-10-13)22-18(20)23-16-8-6-5-7-15(16)17(19)21-4-2/h5-12H,3-4H2,1-2H3. The highest BCUT2D eigenvalue weighted by atomic mass is 16.7. The predicted molar refractivity (Wildman–Crippen MR) is 84.9 cm³/mol. The summed E-state index contributed by atoms with van der Waals surface area (Å²) in [6.07, 6.45) is -0.0107. The van der Waals surface area contributed by atoms with Crippen LogP contribution in [0.1, 0.15) is 29.8 Å². The summed E-state index contributed by atoms with van der Waals surface area (Å²) in [7, 11) is 0. The fourth-order valence-electron chi connectivity index (χ4n) is 1.93. The zero-order valence-electron chi connectivity index (χ0n) is 13.1. The van der Waals surface area contributed by atoms with E-state index in [4.69, 9.17) is 14.2 Å². The number of benzene rings is 2. The average Bonchev–Trinajstić information content (AvgIpc) is 2.56. The number of carbonyl (C=O) groups excluding carboxylic acids is 2. The van der Waals surface area contributed by atoms with Gasteiger partial charge in [0.1, 0.15) is 17.1 Å². The van der Waals surface area contributed by atoms with Crippen LogP contribution in [-0.4, -0.2) is 18.7 Å². The smallest absolute Gasteiger partial charge is 0.462 e. The number of aryl methyl sites for hydroxylation is 1. The van der Waals surface area contributed by atoms with Gasteiger partial charge in [-0.2, -0.15) is 0 Å². The molecule has 0 bridgehead atoms. The van der Waals surface area contributed by atoms with Gasteiger partial charge in [0, 0.05) is 0 Å². The Bertz CT molecular complexity index is 676. The van der Waals surface area contributed by atoms with Crippen LogP contribution in [0.25, 0.3) is 0 Å². The summed E-state index contributed by atoms with van der Waals surface area (Å²) < 4.78 is 15.1. The molecule has 0 saturated carbocycles. The van der Waals surface area contributed by atoms with E-state index in [9.17, 15) is 9.59 Å². The van der Waals surface area contributed by atoms with Gasteiger partial charge in [-0.05, 0) is 43.2 Å². The molecule has 120 valence electrons. The van der Waals surface area contributed by atoms with E-state index in [0.29, 0.717) is 5.75 Å². The number of rotatable bonds is 5. The Kier molecular flexibility index (Phi) is 5.74. The highest BCUT2D eigenvalue weighted by Crippen LogP contribution is 2.20. The second kappa shape index (κ2) is 7.98. The van der Waals surface area contributed by atoms with Crippen molar-refractivity contribution in [3.8, 4) is 11.5 Å².